The predicted molar refractivity (Wildman–Crippen MR) is 63.6 cm³/mol. The van der Waals surface area contributed by atoms with Crippen molar-refractivity contribution in [3.8, 4) is 0 Å². The fourth-order valence-corrected chi connectivity index (χ4v) is 1.33. The van der Waals surface area contributed by atoms with Crippen LogP contribution in [0.5, 0.6) is 0 Å². The van der Waals surface area contributed by atoms with Crippen LogP contribution in [0.25, 0.3) is 0 Å². The Morgan fingerprint density at radius 2 is 1.87 bits per heavy atom. The summed E-state index contributed by atoms with van der Waals surface area (Å²) in [4.78, 5) is 15.6. The van der Waals surface area contributed by atoms with Crippen LogP contribution in [0.15, 0.2) is 0 Å². The topological polar surface area (TPSA) is 49.6 Å². The van der Waals surface area contributed by atoms with E-state index in [1.807, 2.05) is 30.8 Å². The van der Waals surface area contributed by atoms with Crippen LogP contribution in [0.2, 0.25) is 0 Å². The first-order chi connectivity index (χ1) is 6.82. The van der Waals surface area contributed by atoms with Crippen molar-refractivity contribution < 1.29 is 4.79 Å². The highest BCUT2D eigenvalue weighted by molar-refractivity contribution is 5.78. The molecule has 0 saturated heterocycles. The van der Waals surface area contributed by atoms with Gasteiger partial charge < -0.3 is 15.5 Å². The highest BCUT2D eigenvalue weighted by Crippen LogP contribution is 2.14. The van der Waals surface area contributed by atoms with Crippen molar-refractivity contribution >= 4 is 5.91 Å². The van der Waals surface area contributed by atoms with Crippen LogP contribution in [0.1, 0.15) is 20.8 Å². The molecular formula is C11H25N3O. The zero-order valence-electron chi connectivity index (χ0n) is 10.7. The summed E-state index contributed by atoms with van der Waals surface area (Å²) < 4.78 is 0. The molecule has 0 radical (unpaired) electrons. The molecule has 0 rings (SSSR count). The molecular weight excluding hydrogens is 190 g/mol. The van der Waals surface area contributed by atoms with E-state index in [2.05, 4.69) is 13.8 Å². The number of hydrogen-bond acceptors (Lipinski definition) is 3. The SMILES string of the molecule is CCN(CC(C)(C)CN)C(=O)CN(C)C. The van der Waals surface area contributed by atoms with Gasteiger partial charge in [0, 0.05) is 13.1 Å². The number of nitrogens with zero attached hydrogens (tertiary/aromatic N) is 2. The molecule has 0 spiro atoms. The number of likely N-dealkylation sites (N-methyl/N-ethyl adjacent to an activating group) is 2. The largest absolute Gasteiger partial charge is 0.341 e. The first kappa shape index (κ1) is 14.4. The fraction of sp³-hybridized carbons (Fsp3) is 0.909. The van der Waals surface area contributed by atoms with E-state index >= 15 is 0 Å². The Labute approximate surface area is 93.4 Å². The normalized spacial score (nSPS) is 11.9. The summed E-state index contributed by atoms with van der Waals surface area (Å²) in [5, 5.41) is 0. The minimum atomic E-state index is -0.00200. The molecule has 4 heteroatoms. The second-order valence-electron chi connectivity index (χ2n) is 5.01. The number of carbonyl (C=O) groups excluding carboxylic acids is 1. The van der Waals surface area contributed by atoms with Crippen molar-refractivity contribution in [1.82, 2.24) is 9.80 Å². The van der Waals surface area contributed by atoms with Gasteiger partial charge in [0.2, 0.25) is 5.91 Å². The first-order valence-corrected chi connectivity index (χ1v) is 5.45. The molecule has 0 atom stereocenters. The Kier molecular flexibility index (Phi) is 5.83. The molecule has 0 saturated carbocycles. The Hall–Kier alpha value is -0.610. The zero-order valence-corrected chi connectivity index (χ0v) is 10.7. The summed E-state index contributed by atoms with van der Waals surface area (Å²) in [6.45, 7) is 8.70. The number of carbonyl (C=O) groups is 1. The molecule has 0 aromatic carbocycles. The van der Waals surface area contributed by atoms with E-state index in [1.165, 1.54) is 0 Å². The molecule has 15 heavy (non-hydrogen) atoms. The molecule has 0 aliphatic heterocycles. The molecule has 90 valence electrons. The van der Waals surface area contributed by atoms with E-state index in [9.17, 15) is 4.79 Å². The molecule has 2 N–H and O–H groups in total. The van der Waals surface area contributed by atoms with Crippen molar-refractivity contribution in [1.29, 1.82) is 0 Å². The lowest BCUT2D eigenvalue weighted by atomic mass is 9.93. The van der Waals surface area contributed by atoms with Crippen LogP contribution < -0.4 is 5.73 Å². The lowest BCUT2D eigenvalue weighted by molar-refractivity contribution is -0.132. The van der Waals surface area contributed by atoms with E-state index in [0.29, 0.717) is 13.1 Å². The summed E-state index contributed by atoms with van der Waals surface area (Å²) in [5.41, 5.74) is 5.66. The van der Waals surface area contributed by atoms with Gasteiger partial charge in [0.05, 0.1) is 6.54 Å². The molecule has 0 bridgehead atoms. The third kappa shape index (κ3) is 5.74. The number of hydrogen-bond donors (Lipinski definition) is 1. The zero-order chi connectivity index (χ0) is 12.1. The van der Waals surface area contributed by atoms with Crippen LogP contribution >= 0.6 is 0 Å². The third-order valence-corrected chi connectivity index (χ3v) is 2.36. The van der Waals surface area contributed by atoms with Crippen LogP contribution in [0.3, 0.4) is 0 Å². The summed E-state index contributed by atoms with van der Waals surface area (Å²) >= 11 is 0. The second-order valence-corrected chi connectivity index (χ2v) is 5.01. The Morgan fingerprint density at radius 3 is 2.20 bits per heavy atom. The molecule has 0 aliphatic rings. The smallest absolute Gasteiger partial charge is 0.236 e. The highest BCUT2D eigenvalue weighted by Gasteiger charge is 2.22. The van der Waals surface area contributed by atoms with Gasteiger partial charge in [0.15, 0.2) is 0 Å². The maximum atomic E-state index is 11.8. The lowest BCUT2D eigenvalue weighted by Crippen LogP contribution is -2.44. The number of nitrogens with two attached hydrogens (primary N) is 1. The van der Waals surface area contributed by atoms with E-state index in [4.69, 9.17) is 5.73 Å². The summed E-state index contributed by atoms with van der Waals surface area (Å²) in [6, 6.07) is 0. The van der Waals surface area contributed by atoms with Gasteiger partial charge >= 0.3 is 0 Å². The van der Waals surface area contributed by atoms with Crippen molar-refractivity contribution in [2.24, 2.45) is 11.1 Å². The van der Waals surface area contributed by atoms with Gasteiger partial charge in [-0.05, 0) is 33.0 Å². The summed E-state index contributed by atoms with van der Waals surface area (Å²) in [6.07, 6.45) is 0. The van der Waals surface area contributed by atoms with Gasteiger partial charge in [-0.2, -0.15) is 0 Å². The van der Waals surface area contributed by atoms with E-state index in [-0.39, 0.29) is 11.3 Å². The standard InChI is InChI=1S/C11H25N3O/c1-6-14(9-11(2,3)8-12)10(15)7-13(4)5/h6-9,12H2,1-5H3. The minimum Gasteiger partial charge on any atom is -0.341 e. The quantitative estimate of drug-likeness (QED) is 0.697. The molecule has 0 aromatic heterocycles. The van der Waals surface area contributed by atoms with Gasteiger partial charge in [0.1, 0.15) is 0 Å². The van der Waals surface area contributed by atoms with Crippen LogP contribution in [0, 0.1) is 5.41 Å². The van der Waals surface area contributed by atoms with Crippen LogP contribution in [-0.4, -0.2) is 56.0 Å². The maximum Gasteiger partial charge on any atom is 0.236 e. The Bertz CT molecular complexity index is 202. The molecule has 0 aromatic rings. The molecule has 0 fully saturated rings. The second kappa shape index (κ2) is 6.08. The molecule has 0 heterocycles. The fourth-order valence-electron chi connectivity index (χ4n) is 1.33. The van der Waals surface area contributed by atoms with Crippen molar-refractivity contribution in [2.45, 2.75) is 20.8 Å². The third-order valence-electron chi connectivity index (χ3n) is 2.36. The molecule has 0 aliphatic carbocycles. The summed E-state index contributed by atoms with van der Waals surface area (Å²) in [5.74, 6) is 0.170. The molecule has 1 amide bonds. The maximum absolute atomic E-state index is 11.8. The average molecular weight is 215 g/mol. The van der Waals surface area contributed by atoms with Crippen LogP contribution in [-0.2, 0) is 4.79 Å². The Morgan fingerprint density at radius 1 is 1.33 bits per heavy atom. The highest BCUT2D eigenvalue weighted by atomic mass is 16.2. The van der Waals surface area contributed by atoms with Crippen molar-refractivity contribution in [3.05, 3.63) is 0 Å². The van der Waals surface area contributed by atoms with Crippen LogP contribution in [0.4, 0.5) is 0 Å². The minimum absolute atomic E-state index is 0.00200. The average Bonchev–Trinajstić information content (AvgIpc) is 2.13. The Balaban J connectivity index is 4.30. The van der Waals surface area contributed by atoms with E-state index in [0.717, 1.165) is 13.1 Å². The van der Waals surface area contributed by atoms with Gasteiger partial charge in [-0.1, -0.05) is 13.8 Å². The van der Waals surface area contributed by atoms with E-state index in [1.54, 1.807) is 0 Å². The first-order valence-electron chi connectivity index (χ1n) is 5.45. The molecule has 0 unspecified atom stereocenters. The van der Waals surface area contributed by atoms with Gasteiger partial charge in [-0.25, -0.2) is 0 Å². The van der Waals surface area contributed by atoms with Gasteiger partial charge in [-0.3, -0.25) is 4.79 Å². The lowest BCUT2D eigenvalue weighted by Gasteiger charge is -2.31. The number of amides is 1. The monoisotopic (exact) mass is 215 g/mol. The van der Waals surface area contributed by atoms with E-state index < -0.39 is 0 Å². The number of rotatable bonds is 6. The summed E-state index contributed by atoms with van der Waals surface area (Å²) in [7, 11) is 3.81. The van der Waals surface area contributed by atoms with Crippen molar-refractivity contribution in [3.63, 3.8) is 0 Å². The predicted octanol–water partition coefficient (Wildman–Crippen LogP) is 0.381. The molecule has 4 nitrogen and oxygen atoms in total. The van der Waals surface area contributed by atoms with Gasteiger partial charge in [0.25, 0.3) is 0 Å². The van der Waals surface area contributed by atoms with Crippen molar-refractivity contribution in [2.75, 3.05) is 40.3 Å². The van der Waals surface area contributed by atoms with Gasteiger partial charge in [-0.15, -0.1) is 0 Å².